The Bertz CT molecular complexity index is 1600. The molecule has 3 N–H and O–H groups in total. The van der Waals surface area contributed by atoms with Crippen molar-refractivity contribution in [2.75, 3.05) is 23.7 Å². The van der Waals surface area contributed by atoms with Crippen LogP contribution in [0, 0.1) is 0 Å². The molecule has 0 radical (unpaired) electrons. The molecule has 47 heavy (non-hydrogen) atoms. The van der Waals surface area contributed by atoms with Crippen LogP contribution in [0.1, 0.15) is 58.9 Å². The molecular weight excluding hydrogens is 653 g/mol. The third kappa shape index (κ3) is 11.9. The molecule has 3 heterocycles. The number of halogens is 4. The number of carbonyl (C=O) groups is 2. The molecular formula is C33H36ClF3N6O3S. The maximum absolute atomic E-state index is 12.6. The van der Waals surface area contributed by atoms with Crippen LogP contribution in [0.5, 0.6) is 5.75 Å². The van der Waals surface area contributed by atoms with Gasteiger partial charge < -0.3 is 20.7 Å². The van der Waals surface area contributed by atoms with E-state index in [9.17, 15) is 22.8 Å². The SMILES string of the molecule is Cl.O=C(Cc1cccc(OC(F)(F)F)c1)Nc1ccc(CCCCc2nnc(NC(=O)Cc3ccc(C4CCNCC4)cc3)s2)cn1. The summed E-state index contributed by atoms with van der Waals surface area (Å²) in [4.78, 5) is 29.2. The summed E-state index contributed by atoms with van der Waals surface area (Å²) in [5.74, 6) is 0.0425. The fourth-order valence-corrected chi connectivity index (χ4v) is 6.09. The second kappa shape index (κ2) is 17.2. The first-order chi connectivity index (χ1) is 22.2. The number of benzene rings is 2. The molecule has 0 bridgehead atoms. The zero-order valence-corrected chi connectivity index (χ0v) is 27.1. The van der Waals surface area contributed by atoms with E-state index in [4.69, 9.17) is 0 Å². The summed E-state index contributed by atoms with van der Waals surface area (Å²) in [7, 11) is 0. The molecule has 9 nitrogen and oxygen atoms in total. The van der Waals surface area contributed by atoms with E-state index in [1.165, 1.54) is 35.1 Å². The normalized spacial score (nSPS) is 13.4. The zero-order chi connectivity index (χ0) is 32.4. The van der Waals surface area contributed by atoms with Crippen LogP contribution in [0.2, 0.25) is 0 Å². The molecule has 0 atom stereocenters. The van der Waals surface area contributed by atoms with Gasteiger partial charge in [-0.15, -0.1) is 35.8 Å². The average molecular weight is 689 g/mol. The molecule has 1 aliphatic heterocycles. The monoisotopic (exact) mass is 688 g/mol. The number of piperidine rings is 1. The number of carbonyl (C=O) groups excluding carboxylic acids is 2. The van der Waals surface area contributed by atoms with Gasteiger partial charge in [0.25, 0.3) is 0 Å². The van der Waals surface area contributed by atoms with E-state index < -0.39 is 12.3 Å². The minimum Gasteiger partial charge on any atom is -0.406 e. The van der Waals surface area contributed by atoms with Gasteiger partial charge in [0.05, 0.1) is 12.8 Å². The largest absolute Gasteiger partial charge is 0.573 e. The number of rotatable bonds is 13. The molecule has 0 aliphatic carbocycles. The lowest BCUT2D eigenvalue weighted by Gasteiger charge is -2.23. The predicted octanol–water partition coefficient (Wildman–Crippen LogP) is 6.65. The number of alkyl halides is 3. The first kappa shape index (κ1) is 35.8. The summed E-state index contributed by atoms with van der Waals surface area (Å²) in [6.45, 7) is 2.10. The molecule has 2 aromatic carbocycles. The number of amides is 2. The van der Waals surface area contributed by atoms with Gasteiger partial charge in [-0.2, -0.15) is 0 Å². The smallest absolute Gasteiger partial charge is 0.406 e. The van der Waals surface area contributed by atoms with Crippen molar-refractivity contribution >= 4 is 46.5 Å². The molecule has 2 aromatic heterocycles. The lowest BCUT2D eigenvalue weighted by atomic mass is 9.89. The van der Waals surface area contributed by atoms with E-state index in [2.05, 4.69) is 48.0 Å². The predicted molar refractivity (Wildman–Crippen MR) is 177 cm³/mol. The third-order valence-corrected chi connectivity index (χ3v) is 8.46. The summed E-state index contributed by atoms with van der Waals surface area (Å²) in [6.07, 6.45) is 2.62. The van der Waals surface area contributed by atoms with Crippen molar-refractivity contribution in [3.8, 4) is 5.75 Å². The number of hydrogen-bond acceptors (Lipinski definition) is 8. The van der Waals surface area contributed by atoms with Crippen molar-refractivity contribution in [3.63, 3.8) is 0 Å². The number of nitrogens with zero attached hydrogens (tertiary/aromatic N) is 3. The third-order valence-electron chi connectivity index (χ3n) is 7.56. The van der Waals surface area contributed by atoms with Crippen LogP contribution in [-0.2, 0) is 35.3 Å². The Balaban J connectivity index is 0.00000500. The van der Waals surface area contributed by atoms with Gasteiger partial charge in [0.2, 0.25) is 16.9 Å². The number of anilines is 2. The number of unbranched alkanes of at least 4 members (excludes halogenated alkanes) is 1. The molecule has 4 aromatic rings. The van der Waals surface area contributed by atoms with Gasteiger partial charge in [0.15, 0.2) is 0 Å². The summed E-state index contributed by atoms with van der Waals surface area (Å²) in [5, 5.41) is 18.6. The Labute approximate surface area is 281 Å². The van der Waals surface area contributed by atoms with Crippen LogP contribution < -0.4 is 20.7 Å². The minimum absolute atomic E-state index is 0. The quantitative estimate of drug-likeness (QED) is 0.135. The summed E-state index contributed by atoms with van der Waals surface area (Å²) in [5.41, 5.74) is 3.69. The van der Waals surface area contributed by atoms with Gasteiger partial charge in [0.1, 0.15) is 16.6 Å². The Morgan fingerprint density at radius 1 is 0.872 bits per heavy atom. The van der Waals surface area contributed by atoms with E-state index in [0.717, 1.165) is 67.7 Å². The second-order valence-corrected chi connectivity index (χ2v) is 12.2. The highest BCUT2D eigenvalue weighted by Crippen LogP contribution is 2.26. The highest BCUT2D eigenvalue weighted by molar-refractivity contribution is 7.15. The fraction of sp³-hybridized carbons (Fsp3) is 0.364. The van der Waals surface area contributed by atoms with E-state index in [-0.39, 0.29) is 36.9 Å². The van der Waals surface area contributed by atoms with Gasteiger partial charge >= 0.3 is 6.36 Å². The minimum atomic E-state index is -4.80. The molecule has 0 unspecified atom stereocenters. The van der Waals surface area contributed by atoms with Gasteiger partial charge in [-0.05, 0) is 91.6 Å². The van der Waals surface area contributed by atoms with Crippen molar-refractivity contribution in [2.45, 2.75) is 63.6 Å². The van der Waals surface area contributed by atoms with Crippen LogP contribution >= 0.6 is 23.7 Å². The number of ether oxygens (including phenoxy) is 1. The maximum atomic E-state index is 12.6. The average Bonchev–Trinajstić information content (AvgIpc) is 3.47. The lowest BCUT2D eigenvalue weighted by molar-refractivity contribution is -0.274. The lowest BCUT2D eigenvalue weighted by Crippen LogP contribution is -2.26. The first-order valence-electron chi connectivity index (χ1n) is 15.2. The van der Waals surface area contributed by atoms with E-state index in [1.54, 1.807) is 18.3 Å². The topological polar surface area (TPSA) is 118 Å². The maximum Gasteiger partial charge on any atom is 0.573 e. The van der Waals surface area contributed by atoms with Crippen molar-refractivity contribution in [3.05, 3.63) is 94.1 Å². The number of pyridine rings is 1. The van der Waals surface area contributed by atoms with E-state index in [1.807, 2.05) is 18.2 Å². The summed E-state index contributed by atoms with van der Waals surface area (Å²) >= 11 is 1.38. The van der Waals surface area contributed by atoms with Crippen LogP contribution in [0.3, 0.4) is 0 Å². The molecule has 14 heteroatoms. The van der Waals surface area contributed by atoms with E-state index >= 15 is 0 Å². The standard InChI is InChI=1S/C33H35F3N6O3S.ClH/c34-33(35,36)45-27-6-3-5-24(18-27)20-29(43)39-28-13-10-23(21-38-28)4-1-2-7-31-41-42-32(46-31)40-30(44)19-22-8-11-25(12-9-22)26-14-16-37-17-15-26;/h3,5-6,8-13,18,21,26,37H,1-2,4,7,14-17,19-20H2,(H,38,39,43)(H,40,42,44);1H. The Morgan fingerprint density at radius 3 is 2.30 bits per heavy atom. The van der Waals surface area contributed by atoms with Gasteiger partial charge in [-0.25, -0.2) is 4.98 Å². The van der Waals surface area contributed by atoms with Gasteiger partial charge in [-0.1, -0.05) is 53.8 Å². The van der Waals surface area contributed by atoms with Crippen molar-refractivity contribution in [2.24, 2.45) is 0 Å². The molecule has 0 saturated carbocycles. The van der Waals surface area contributed by atoms with Crippen LogP contribution in [0.4, 0.5) is 24.1 Å². The molecule has 5 rings (SSSR count). The van der Waals surface area contributed by atoms with Crippen LogP contribution in [0.25, 0.3) is 0 Å². The van der Waals surface area contributed by atoms with Gasteiger partial charge in [0, 0.05) is 12.6 Å². The molecule has 1 saturated heterocycles. The highest BCUT2D eigenvalue weighted by atomic mass is 35.5. The number of aromatic nitrogens is 3. The first-order valence-corrected chi connectivity index (χ1v) is 16.0. The van der Waals surface area contributed by atoms with Crippen LogP contribution in [0.15, 0.2) is 66.9 Å². The van der Waals surface area contributed by atoms with E-state index in [0.29, 0.717) is 22.4 Å². The summed E-state index contributed by atoms with van der Waals surface area (Å²) < 4.78 is 41.2. The highest BCUT2D eigenvalue weighted by Gasteiger charge is 2.31. The van der Waals surface area contributed by atoms with Gasteiger partial charge in [-0.3, -0.25) is 9.59 Å². The number of nitrogens with one attached hydrogen (secondary N) is 3. The number of hydrogen-bond donors (Lipinski definition) is 3. The van der Waals surface area contributed by atoms with Crippen LogP contribution in [-0.4, -0.2) is 46.4 Å². The molecule has 250 valence electrons. The van der Waals surface area contributed by atoms with Crippen molar-refractivity contribution in [1.82, 2.24) is 20.5 Å². The van der Waals surface area contributed by atoms with Crippen molar-refractivity contribution < 1.29 is 27.5 Å². The van der Waals surface area contributed by atoms with Crippen molar-refractivity contribution in [1.29, 1.82) is 0 Å². The molecule has 1 aliphatic rings. The second-order valence-electron chi connectivity index (χ2n) is 11.2. The Hall–Kier alpha value is -4.07. The molecule has 2 amide bonds. The Morgan fingerprint density at radius 2 is 1.57 bits per heavy atom. The molecule has 0 spiro atoms. The molecule has 1 fully saturated rings. The summed E-state index contributed by atoms with van der Waals surface area (Å²) in [6, 6.07) is 17.2. The fourth-order valence-electron chi connectivity index (χ4n) is 5.29. The zero-order valence-electron chi connectivity index (χ0n) is 25.5. The number of aryl methyl sites for hydroxylation is 2. The Kier molecular flexibility index (Phi) is 13.1.